The summed E-state index contributed by atoms with van der Waals surface area (Å²) in [5.74, 6) is 0.469. The highest BCUT2D eigenvalue weighted by Crippen LogP contribution is 2.22. The van der Waals surface area contributed by atoms with Crippen molar-refractivity contribution in [2.75, 3.05) is 18.9 Å². The SMILES string of the molecule is CCNC(=NC)NC(=O)Nc1c(CC)cccc1CC. The molecular formula is C15H24N4O. The van der Waals surface area contributed by atoms with Crippen LogP contribution in [0.4, 0.5) is 10.5 Å². The van der Waals surface area contributed by atoms with Crippen molar-refractivity contribution >= 4 is 17.7 Å². The summed E-state index contributed by atoms with van der Waals surface area (Å²) in [6.45, 7) is 6.82. The van der Waals surface area contributed by atoms with Gasteiger partial charge in [0.15, 0.2) is 5.96 Å². The van der Waals surface area contributed by atoms with Gasteiger partial charge in [0.05, 0.1) is 0 Å². The first-order chi connectivity index (χ1) is 9.65. The maximum absolute atomic E-state index is 12.0. The van der Waals surface area contributed by atoms with Gasteiger partial charge in [-0.2, -0.15) is 0 Å². The molecule has 0 saturated heterocycles. The number of hydrogen-bond donors (Lipinski definition) is 3. The third kappa shape index (κ3) is 4.26. The quantitative estimate of drug-likeness (QED) is 0.584. The van der Waals surface area contributed by atoms with E-state index in [1.807, 2.05) is 25.1 Å². The Labute approximate surface area is 120 Å². The maximum Gasteiger partial charge on any atom is 0.326 e. The first-order valence-corrected chi connectivity index (χ1v) is 7.05. The van der Waals surface area contributed by atoms with Gasteiger partial charge in [-0.05, 0) is 30.9 Å². The van der Waals surface area contributed by atoms with E-state index in [0.717, 1.165) is 29.7 Å². The minimum Gasteiger partial charge on any atom is -0.356 e. The van der Waals surface area contributed by atoms with Crippen LogP contribution in [0, 0.1) is 0 Å². The summed E-state index contributed by atoms with van der Waals surface area (Å²) >= 11 is 0. The number of aliphatic imine (C=N–C) groups is 1. The molecule has 3 N–H and O–H groups in total. The number of carbonyl (C=O) groups excluding carboxylic acids is 1. The van der Waals surface area contributed by atoms with Crippen molar-refractivity contribution in [3.63, 3.8) is 0 Å². The molecule has 20 heavy (non-hydrogen) atoms. The van der Waals surface area contributed by atoms with Gasteiger partial charge in [0.25, 0.3) is 0 Å². The highest BCUT2D eigenvalue weighted by Gasteiger charge is 2.10. The first-order valence-electron chi connectivity index (χ1n) is 7.05. The number of rotatable bonds is 4. The van der Waals surface area contributed by atoms with E-state index < -0.39 is 0 Å². The number of guanidine groups is 1. The molecule has 0 saturated carbocycles. The Kier molecular flexibility index (Phi) is 6.56. The van der Waals surface area contributed by atoms with Crippen LogP contribution < -0.4 is 16.0 Å². The number of benzene rings is 1. The fourth-order valence-corrected chi connectivity index (χ4v) is 2.00. The van der Waals surface area contributed by atoms with Crippen LogP contribution in [-0.2, 0) is 12.8 Å². The molecule has 0 radical (unpaired) electrons. The van der Waals surface area contributed by atoms with Gasteiger partial charge in [-0.25, -0.2) is 4.79 Å². The molecule has 0 fully saturated rings. The monoisotopic (exact) mass is 276 g/mol. The number of aryl methyl sites for hydroxylation is 2. The second kappa shape index (κ2) is 8.19. The highest BCUT2D eigenvalue weighted by atomic mass is 16.2. The standard InChI is InChI=1S/C15H24N4O/c1-5-11-9-8-10-12(6-2)13(11)18-15(20)19-14(16-4)17-7-3/h8-10H,5-7H2,1-4H3,(H3,16,17,18,19,20). The van der Waals surface area contributed by atoms with Gasteiger partial charge in [-0.3, -0.25) is 10.3 Å². The summed E-state index contributed by atoms with van der Waals surface area (Å²) in [4.78, 5) is 16.0. The minimum absolute atomic E-state index is 0.276. The van der Waals surface area contributed by atoms with Crippen molar-refractivity contribution in [1.82, 2.24) is 10.6 Å². The molecular weight excluding hydrogens is 252 g/mol. The van der Waals surface area contributed by atoms with Crippen LogP contribution in [0.25, 0.3) is 0 Å². The Hall–Kier alpha value is -2.04. The lowest BCUT2D eigenvalue weighted by atomic mass is 10.0. The minimum atomic E-state index is -0.276. The predicted octanol–water partition coefficient (Wildman–Crippen LogP) is 2.53. The predicted molar refractivity (Wildman–Crippen MR) is 84.4 cm³/mol. The Bertz CT molecular complexity index is 461. The van der Waals surface area contributed by atoms with Crippen molar-refractivity contribution in [3.8, 4) is 0 Å². The molecule has 2 amide bonds. The smallest absolute Gasteiger partial charge is 0.326 e. The molecule has 0 bridgehead atoms. The van der Waals surface area contributed by atoms with E-state index in [4.69, 9.17) is 0 Å². The second-order valence-electron chi connectivity index (χ2n) is 4.34. The van der Waals surface area contributed by atoms with E-state index in [1.54, 1.807) is 7.05 Å². The van der Waals surface area contributed by atoms with Crippen LogP contribution in [0.1, 0.15) is 31.9 Å². The zero-order valence-corrected chi connectivity index (χ0v) is 12.7. The van der Waals surface area contributed by atoms with Crippen LogP contribution in [0.15, 0.2) is 23.2 Å². The fourth-order valence-electron chi connectivity index (χ4n) is 2.00. The van der Waals surface area contributed by atoms with Gasteiger partial charge in [0, 0.05) is 19.3 Å². The number of nitrogens with one attached hydrogen (secondary N) is 3. The van der Waals surface area contributed by atoms with Crippen molar-refractivity contribution in [2.45, 2.75) is 33.6 Å². The zero-order valence-electron chi connectivity index (χ0n) is 12.7. The van der Waals surface area contributed by atoms with Gasteiger partial charge in [-0.1, -0.05) is 32.0 Å². The topological polar surface area (TPSA) is 65.5 Å². The molecule has 5 heteroatoms. The fraction of sp³-hybridized carbons (Fsp3) is 0.467. The van der Waals surface area contributed by atoms with Crippen LogP contribution in [0.5, 0.6) is 0 Å². The average Bonchev–Trinajstić information content (AvgIpc) is 2.46. The Balaban J connectivity index is 2.84. The number of carbonyl (C=O) groups is 1. The van der Waals surface area contributed by atoms with E-state index in [-0.39, 0.29) is 6.03 Å². The molecule has 0 spiro atoms. The number of amides is 2. The molecule has 0 heterocycles. The molecule has 1 aromatic rings. The van der Waals surface area contributed by atoms with E-state index in [9.17, 15) is 4.79 Å². The number of anilines is 1. The molecule has 110 valence electrons. The number of nitrogens with zero attached hydrogens (tertiary/aromatic N) is 1. The summed E-state index contributed by atoms with van der Waals surface area (Å²) in [6.07, 6.45) is 1.76. The molecule has 0 aromatic heterocycles. The molecule has 1 aromatic carbocycles. The Morgan fingerprint density at radius 1 is 1.15 bits per heavy atom. The van der Waals surface area contributed by atoms with Gasteiger partial charge in [0.2, 0.25) is 0 Å². The van der Waals surface area contributed by atoms with E-state index in [0.29, 0.717) is 12.5 Å². The zero-order chi connectivity index (χ0) is 15.0. The summed E-state index contributed by atoms with van der Waals surface area (Å²) in [5.41, 5.74) is 3.18. The lowest BCUT2D eigenvalue weighted by molar-refractivity contribution is 0.256. The number of hydrogen-bond acceptors (Lipinski definition) is 2. The van der Waals surface area contributed by atoms with Crippen molar-refractivity contribution in [2.24, 2.45) is 4.99 Å². The lowest BCUT2D eigenvalue weighted by Gasteiger charge is -2.15. The third-order valence-corrected chi connectivity index (χ3v) is 3.04. The van der Waals surface area contributed by atoms with Gasteiger partial charge >= 0.3 is 6.03 Å². The third-order valence-electron chi connectivity index (χ3n) is 3.04. The number of urea groups is 1. The van der Waals surface area contributed by atoms with Crippen molar-refractivity contribution < 1.29 is 4.79 Å². The summed E-state index contributed by atoms with van der Waals surface area (Å²) < 4.78 is 0. The maximum atomic E-state index is 12.0. The molecule has 0 unspecified atom stereocenters. The van der Waals surface area contributed by atoms with Crippen LogP contribution in [0.2, 0.25) is 0 Å². The highest BCUT2D eigenvalue weighted by molar-refractivity contribution is 6.03. The van der Waals surface area contributed by atoms with E-state index >= 15 is 0 Å². The second-order valence-corrected chi connectivity index (χ2v) is 4.34. The largest absolute Gasteiger partial charge is 0.356 e. The number of para-hydroxylation sites is 1. The van der Waals surface area contributed by atoms with Crippen molar-refractivity contribution in [1.29, 1.82) is 0 Å². The molecule has 5 nitrogen and oxygen atoms in total. The van der Waals surface area contributed by atoms with Crippen LogP contribution in [-0.4, -0.2) is 25.6 Å². The summed E-state index contributed by atoms with van der Waals surface area (Å²) in [5, 5.41) is 8.63. The molecule has 0 aliphatic heterocycles. The lowest BCUT2D eigenvalue weighted by Crippen LogP contribution is -2.43. The molecule has 0 atom stereocenters. The molecule has 0 aliphatic carbocycles. The normalized spacial score (nSPS) is 11.1. The molecule has 1 rings (SSSR count). The van der Waals surface area contributed by atoms with Gasteiger partial charge < -0.3 is 10.6 Å². The van der Waals surface area contributed by atoms with Gasteiger partial charge in [0.1, 0.15) is 0 Å². The Morgan fingerprint density at radius 2 is 1.75 bits per heavy atom. The van der Waals surface area contributed by atoms with E-state index in [2.05, 4.69) is 34.8 Å². The molecule has 0 aliphatic rings. The van der Waals surface area contributed by atoms with Crippen LogP contribution in [0.3, 0.4) is 0 Å². The first kappa shape index (κ1) is 16.0. The summed E-state index contributed by atoms with van der Waals surface area (Å²) in [6, 6.07) is 5.82. The van der Waals surface area contributed by atoms with Crippen LogP contribution >= 0.6 is 0 Å². The van der Waals surface area contributed by atoms with Gasteiger partial charge in [-0.15, -0.1) is 0 Å². The average molecular weight is 276 g/mol. The van der Waals surface area contributed by atoms with E-state index in [1.165, 1.54) is 0 Å². The summed E-state index contributed by atoms with van der Waals surface area (Å²) in [7, 11) is 1.63. The Morgan fingerprint density at radius 3 is 2.20 bits per heavy atom. The van der Waals surface area contributed by atoms with Crippen molar-refractivity contribution in [3.05, 3.63) is 29.3 Å².